The molecule has 0 aliphatic rings. The molecule has 2 aromatic rings. The third-order valence-corrected chi connectivity index (χ3v) is 3.82. The van der Waals surface area contributed by atoms with Crippen LogP contribution in [0.3, 0.4) is 0 Å². The van der Waals surface area contributed by atoms with Crippen molar-refractivity contribution in [2.45, 2.75) is 19.9 Å². The largest absolute Gasteiger partial charge is 0.322 e. The van der Waals surface area contributed by atoms with Crippen LogP contribution < -0.4 is 10.6 Å². The Hall–Kier alpha value is -1.98. The Labute approximate surface area is 145 Å². The number of benzene rings is 2. The lowest BCUT2D eigenvalue weighted by Gasteiger charge is -2.23. The fourth-order valence-electron chi connectivity index (χ4n) is 2.40. The molecule has 1 atom stereocenters. The second kappa shape index (κ2) is 8.22. The van der Waals surface area contributed by atoms with Gasteiger partial charge in [-0.15, -0.1) is 0 Å². The third kappa shape index (κ3) is 5.01. The van der Waals surface area contributed by atoms with E-state index in [1.807, 2.05) is 13.8 Å². The normalized spacial score (nSPS) is 12.2. The monoisotopic (exact) mass is 352 g/mol. The molecule has 2 rings (SSSR count). The highest BCUT2D eigenvalue weighted by Gasteiger charge is 2.17. The zero-order chi connectivity index (χ0) is 17.7. The zero-order valence-electron chi connectivity index (χ0n) is 13.4. The predicted octanol–water partition coefficient (Wildman–Crippen LogP) is 4.54. The van der Waals surface area contributed by atoms with Crippen LogP contribution in [0.25, 0.3) is 0 Å². The summed E-state index contributed by atoms with van der Waals surface area (Å²) in [6.45, 7) is 3.98. The predicted molar refractivity (Wildman–Crippen MR) is 92.0 cm³/mol. The first-order chi connectivity index (χ1) is 11.4. The molecule has 0 radical (unpaired) electrons. The van der Waals surface area contributed by atoms with Gasteiger partial charge in [0.15, 0.2) is 0 Å². The van der Waals surface area contributed by atoms with Crippen molar-refractivity contribution in [3.8, 4) is 0 Å². The van der Waals surface area contributed by atoms with Crippen LogP contribution in [-0.2, 0) is 4.79 Å². The van der Waals surface area contributed by atoms with E-state index in [1.165, 1.54) is 30.3 Å². The minimum Gasteiger partial charge on any atom is -0.322 e. The second-order valence-electron chi connectivity index (χ2n) is 5.83. The number of rotatable bonds is 6. The van der Waals surface area contributed by atoms with Crippen LogP contribution in [0.2, 0.25) is 5.02 Å². The Morgan fingerprint density at radius 1 is 1.12 bits per heavy atom. The molecule has 0 unspecified atom stereocenters. The van der Waals surface area contributed by atoms with Gasteiger partial charge in [-0.1, -0.05) is 37.6 Å². The van der Waals surface area contributed by atoms with Crippen molar-refractivity contribution >= 4 is 23.2 Å². The van der Waals surface area contributed by atoms with E-state index in [4.69, 9.17) is 11.6 Å². The quantitative estimate of drug-likeness (QED) is 0.801. The summed E-state index contributed by atoms with van der Waals surface area (Å²) in [5, 5.41) is 5.94. The van der Waals surface area contributed by atoms with Crippen molar-refractivity contribution in [3.05, 3.63) is 64.7 Å². The average molecular weight is 353 g/mol. The standard InChI is InChI=1S/C18H19ClF2N2O/c1-11(2)18(12-3-6-14(20)7-4-12)22-10-17(24)23-16-9-13(19)5-8-15(16)21/h3-9,11,18,22H,10H2,1-2H3,(H,23,24)/t18-/m1/s1. The van der Waals surface area contributed by atoms with Gasteiger partial charge in [0.1, 0.15) is 11.6 Å². The molecule has 1 amide bonds. The lowest BCUT2D eigenvalue weighted by atomic mass is 9.96. The average Bonchev–Trinajstić information content (AvgIpc) is 2.52. The number of carbonyl (C=O) groups excluding carboxylic acids is 1. The van der Waals surface area contributed by atoms with Gasteiger partial charge in [0.05, 0.1) is 12.2 Å². The highest BCUT2D eigenvalue weighted by Crippen LogP contribution is 2.22. The summed E-state index contributed by atoms with van der Waals surface area (Å²) in [6.07, 6.45) is 0. The first-order valence-electron chi connectivity index (χ1n) is 7.60. The van der Waals surface area contributed by atoms with Crippen LogP contribution in [0.5, 0.6) is 0 Å². The van der Waals surface area contributed by atoms with E-state index in [0.717, 1.165) is 5.56 Å². The van der Waals surface area contributed by atoms with Crippen LogP contribution in [0.15, 0.2) is 42.5 Å². The first kappa shape index (κ1) is 18.4. The van der Waals surface area contributed by atoms with E-state index in [9.17, 15) is 13.6 Å². The summed E-state index contributed by atoms with van der Waals surface area (Å²) < 4.78 is 26.7. The number of amides is 1. The van der Waals surface area contributed by atoms with Crippen molar-refractivity contribution in [2.24, 2.45) is 5.92 Å². The van der Waals surface area contributed by atoms with Crippen molar-refractivity contribution < 1.29 is 13.6 Å². The maximum atomic E-state index is 13.6. The van der Waals surface area contributed by atoms with Gasteiger partial charge in [0, 0.05) is 11.1 Å². The molecule has 3 nitrogen and oxygen atoms in total. The molecule has 0 saturated carbocycles. The van der Waals surface area contributed by atoms with Gasteiger partial charge in [-0.05, 0) is 41.8 Å². The van der Waals surface area contributed by atoms with Gasteiger partial charge >= 0.3 is 0 Å². The van der Waals surface area contributed by atoms with E-state index >= 15 is 0 Å². The highest BCUT2D eigenvalue weighted by molar-refractivity contribution is 6.30. The van der Waals surface area contributed by atoms with Crippen LogP contribution in [0, 0.1) is 17.6 Å². The molecule has 0 aliphatic heterocycles. The van der Waals surface area contributed by atoms with E-state index in [0.29, 0.717) is 5.02 Å². The van der Waals surface area contributed by atoms with Gasteiger partial charge in [-0.3, -0.25) is 4.79 Å². The van der Waals surface area contributed by atoms with Gasteiger partial charge in [-0.2, -0.15) is 0 Å². The number of nitrogens with one attached hydrogen (secondary N) is 2. The highest BCUT2D eigenvalue weighted by atomic mass is 35.5. The number of halogens is 3. The summed E-state index contributed by atoms with van der Waals surface area (Å²) in [4.78, 5) is 12.0. The minimum absolute atomic E-state index is 0.00776. The minimum atomic E-state index is -0.549. The molecule has 0 saturated heterocycles. The summed E-state index contributed by atoms with van der Waals surface area (Å²) in [5.41, 5.74) is 0.922. The summed E-state index contributed by atoms with van der Waals surface area (Å²) in [6, 6.07) is 9.97. The number of carbonyl (C=O) groups is 1. The van der Waals surface area contributed by atoms with Crippen LogP contribution in [0.4, 0.5) is 14.5 Å². The number of anilines is 1. The molecular weight excluding hydrogens is 334 g/mol. The molecule has 0 fully saturated rings. The van der Waals surface area contributed by atoms with E-state index < -0.39 is 5.82 Å². The molecular formula is C18H19ClF2N2O. The van der Waals surface area contributed by atoms with Crippen molar-refractivity contribution in [1.82, 2.24) is 5.32 Å². The molecule has 128 valence electrons. The molecule has 0 bridgehead atoms. The Balaban J connectivity index is 2.00. The molecule has 2 aromatic carbocycles. The first-order valence-corrected chi connectivity index (χ1v) is 7.98. The molecule has 0 aromatic heterocycles. The van der Waals surface area contributed by atoms with E-state index in [2.05, 4.69) is 10.6 Å². The Bertz CT molecular complexity index is 705. The fraction of sp³-hybridized carbons (Fsp3) is 0.278. The van der Waals surface area contributed by atoms with Crippen LogP contribution in [0.1, 0.15) is 25.5 Å². The third-order valence-electron chi connectivity index (χ3n) is 3.58. The lowest BCUT2D eigenvalue weighted by molar-refractivity contribution is -0.115. The Morgan fingerprint density at radius 3 is 2.42 bits per heavy atom. The van der Waals surface area contributed by atoms with Crippen molar-refractivity contribution in [1.29, 1.82) is 0 Å². The topological polar surface area (TPSA) is 41.1 Å². The van der Waals surface area contributed by atoms with Gasteiger partial charge in [0.25, 0.3) is 0 Å². The number of hydrogen-bond donors (Lipinski definition) is 2. The SMILES string of the molecule is CC(C)[C@@H](NCC(=O)Nc1cc(Cl)ccc1F)c1ccc(F)cc1. The van der Waals surface area contributed by atoms with E-state index in [-0.39, 0.29) is 35.9 Å². The van der Waals surface area contributed by atoms with Gasteiger partial charge in [0.2, 0.25) is 5.91 Å². The molecule has 2 N–H and O–H groups in total. The molecule has 0 heterocycles. The van der Waals surface area contributed by atoms with E-state index in [1.54, 1.807) is 12.1 Å². The maximum absolute atomic E-state index is 13.6. The van der Waals surface area contributed by atoms with Crippen molar-refractivity contribution in [3.63, 3.8) is 0 Å². The van der Waals surface area contributed by atoms with Crippen molar-refractivity contribution in [2.75, 3.05) is 11.9 Å². The van der Waals surface area contributed by atoms with Crippen LogP contribution in [-0.4, -0.2) is 12.5 Å². The summed E-state index contributed by atoms with van der Waals surface area (Å²) in [5.74, 6) is -1.06. The summed E-state index contributed by atoms with van der Waals surface area (Å²) >= 11 is 5.80. The second-order valence-corrected chi connectivity index (χ2v) is 6.26. The lowest BCUT2D eigenvalue weighted by Crippen LogP contribution is -2.33. The fourth-order valence-corrected chi connectivity index (χ4v) is 2.57. The Morgan fingerprint density at radius 2 is 1.79 bits per heavy atom. The van der Waals surface area contributed by atoms with Crippen LogP contribution >= 0.6 is 11.6 Å². The molecule has 0 spiro atoms. The maximum Gasteiger partial charge on any atom is 0.238 e. The Kier molecular flexibility index (Phi) is 6.29. The smallest absolute Gasteiger partial charge is 0.238 e. The zero-order valence-corrected chi connectivity index (χ0v) is 14.2. The molecule has 6 heteroatoms. The summed E-state index contributed by atoms with van der Waals surface area (Å²) in [7, 11) is 0. The molecule has 24 heavy (non-hydrogen) atoms. The number of hydrogen-bond acceptors (Lipinski definition) is 2. The molecule has 0 aliphatic carbocycles. The van der Waals surface area contributed by atoms with Gasteiger partial charge in [-0.25, -0.2) is 8.78 Å². The van der Waals surface area contributed by atoms with Gasteiger partial charge < -0.3 is 10.6 Å².